The van der Waals surface area contributed by atoms with Crippen molar-refractivity contribution in [2.45, 2.75) is 6.92 Å². The lowest BCUT2D eigenvalue weighted by molar-refractivity contribution is -0.118. The minimum absolute atomic E-state index is 0.251. The van der Waals surface area contributed by atoms with Crippen LogP contribution in [0.15, 0.2) is 29.3 Å². The molecule has 1 atom stereocenters. The molecule has 4 nitrogen and oxygen atoms in total. The van der Waals surface area contributed by atoms with Gasteiger partial charge in [0.05, 0.1) is 11.8 Å². The Kier molecular flexibility index (Phi) is 3.72. The molecule has 0 fully saturated rings. The molecule has 0 heterocycles. The highest BCUT2D eigenvalue weighted by Crippen LogP contribution is 2.15. The number of hydrogen-bond donors (Lipinski definition) is 1. The first kappa shape index (κ1) is 11.9. The van der Waals surface area contributed by atoms with Crippen LogP contribution in [0.4, 0.5) is 10.1 Å². The molecule has 0 radical (unpaired) electrons. The Balaban J connectivity index is 3.01. The van der Waals surface area contributed by atoms with Gasteiger partial charge in [-0.1, -0.05) is 6.07 Å². The number of halogens is 1. The molecule has 16 heavy (non-hydrogen) atoms. The molecule has 1 rings (SSSR count). The van der Waals surface area contributed by atoms with Crippen LogP contribution in [0, 0.1) is 23.1 Å². The average Bonchev–Trinajstić information content (AvgIpc) is 2.17. The maximum atomic E-state index is 12.8. The Labute approximate surface area is 92.2 Å². The molecular formula is C11H10FN3O. The summed E-state index contributed by atoms with van der Waals surface area (Å²) in [4.78, 5) is 14.8. The molecule has 0 saturated heterocycles. The summed E-state index contributed by atoms with van der Waals surface area (Å²) in [5, 5.41) is 8.69. The van der Waals surface area contributed by atoms with Crippen molar-refractivity contribution < 1.29 is 9.18 Å². The lowest BCUT2D eigenvalue weighted by atomic mass is 10.1. The summed E-state index contributed by atoms with van der Waals surface area (Å²) in [5.41, 5.74) is 5.61. The first-order chi connectivity index (χ1) is 7.54. The summed E-state index contributed by atoms with van der Waals surface area (Å²) < 4.78 is 12.8. The lowest BCUT2D eigenvalue weighted by Gasteiger charge is -2.03. The number of rotatable bonds is 3. The second kappa shape index (κ2) is 5.03. The Bertz CT molecular complexity index is 476. The Morgan fingerprint density at radius 2 is 2.31 bits per heavy atom. The van der Waals surface area contributed by atoms with Crippen LogP contribution in [0.5, 0.6) is 0 Å². The molecule has 1 aromatic carbocycles. The van der Waals surface area contributed by atoms with Gasteiger partial charge < -0.3 is 5.73 Å². The summed E-state index contributed by atoms with van der Waals surface area (Å²) in [6.07, 6.45) is 0. The number of primary amides is 1. The van der Waals surface area contributed by atoms with Crippen molar-refractivity contribution in [1.82, 2.24) is 0 Å². The molecule has 1 aromatic rings. The smallest absolute Gasteiger partial charge is 0.240 e. The van der Waals surface area contributed by atoms with Crippen LogP contribution in [0.1, 0.15) is 6.92 Å². The number of amides is 1. The molecule has 5 heteroatoms. The molecular weight excluding hydrogens is 209 g/mol. The Morgan fingerprint density at radius 1 is 1.62 bits per heavy atom. The van der Waals surface area contributed by atoms with Gasteiger partial charge in [-0.25, -0.2) is 4.39 Å². The zero-order chi connectivity index (χ0) is 12.1. The Hall–Kier alpha value is -2.22. The number of carbonyl (C=O) groups is 1. The molecule has 1 unspecified atom stereocenters. The highest BCUT2D eigenvalue weighted by Gasteiger charge is 2.17. The van der Waals surface area contributed by atoms with Gasteiger partial charge in [0.2, 0.25) is 5.91 Å². The van der Waals surface area contributed by atoms with E-state index in [0.717, 1.165) is 0 Å². The molecule has 0 saturated carbocycles. The van der Waals surface area contributed by atoms with E-state index in [9.17, 15) is 9.18 Å². The quantitative estimate of drug-likeness (QED) is 0.782. The van der Waals surface area contributed by atoms with E-state index in [0.29, 0.717) is 5.69 Å². The van der Waals surface area contributed by atoms with Crippen LogP contribution in [0.3, 0.4) is 0 Å². The van der Waals surface area contributed by atoms with Crippen molar-refractivity contribution in [1.29, 1.82) is 5.26 Å². The van der Waals surface area contributed by atoms with Crippen LogP contribution in [0.2, 0.25) is 0 Å². The molecule has 2 N–H and O–H groups in total. The molecule has 0 bridgehead atoms. The van der Waals surface area contributed by atoms with E-state index in [1.54, 1.807) is 12.1 Å². The zero-order valence-electron chi connectivity index (χ0n) is 8.64. The monoisotopic (exact) mass is 219 g/mol. The Morgan fingerprint density at radius 3 is 2.81 bits per heavy atom. The number of benzene rings is 1. The molecule has 0 aliphatic rings. The second-order valence-corrected chi connectivity index (χ2v) is 3.20. The maximum absolute atomic E-state index is 12.8. The van der Waals surface area contributed by atoms with Gasteiger partial charge >= 0.3 is 0 Å². The van der Waals surface area contributed by atoms with Gasteiger partial charge in [0.15, 0.2) is 5.92 Å². The van der Waals surface area contributed by atoms with Crippen molar-refractivity contribution >= 4 is 17.3 Å². The minimum Gasteiger partial charge on any atom is -0.368 e. The van der Waals surface area contributed by atoms with E-state index in [-0.39, 0.29) is 5.71 Å². The van der Waals surface area contributed by atoms with E-state index in [1.807, 2.05) is 0 Å². The van der Waals surface area contributed by atoms with Crippen molar-refractivity contribution in [3.63, 3.8) is 0 Å². The first-order valence-electron chi connectivity index (χ1n) is 4.54. The molecule has 1 amide bonds. The molecule has 82 valence electrons. The number of nitrogens with two attached hydrogens (primary N) is 1. The van der Waals surface area contributed by atoms with E-state index in [4.69, 9.17) is 11.0 Å². The topological polar surface area (TPSA) is 79.2 Å². The largest absolute Gasteiger partial charge is 0.368 e. The van der Waals surface area contributed by atoms with Crippen molar-refractivity contribution in [2.24, 2.45) is 16.6 Å². The number of nitriles is 1. The van der Waals surface area contributed by atoms with Crippen LogP contribution in [-0.4, -0.2) is 11.6 Å². The third kappa shape index (κ3) is 2.89. The SMILES string of the molecule is CC(=Nc1cccc(F)c1)C(C#N)C(N)=O. The fourth-order valence-corrected chi connectivity index (χ4v) is 1.18. The zero-order valence-corrected chi connectivity index (χ0v) is 8.64. The standard InChI is InChI=1S/C11H10FN3O/c1-7(10(6-13)11(14)16)15-9-4-2-3-8(12)5-9/h2-5,10H,1H3,(H2,14,16). The van der Waals surface area contributed by atoms with Gasteiger partial charge in [-0.3, -0.25) is 9.79 Å². The van der Waals surface area contributed by atoms with Gasteiger partial charge in [0, 0.05) is 5.71 Å². The molecule has 0 aliphatic carbocycles. The minimum atomic E-state index is -1.08. The summed E-state index contributed by atoms with van der Waals surface area (Å²) in [6.45, 7) is 1.50. The highest BCUT2D eigenvalue weighted by atomic mass is 19.1. The molecule has 0 spiro atoms. The third-order valence-electron chi connectivity index (χ3n) is 1.95. The summed E-state index contributed by atoms with van der Waals surface area (Å²) in [6, 6.07) is 7.29. The normalized spacial score (nSPS) is 12.9. The number of aliphatic imine (C=N–C) groups is 1. The lowest BCUT2D eigenvalue weighted by Crippen LogP contribution is -2.27. The molecule has 0 aliphatic heterocycles. The van der Waals surface area contributed by atoms with E-state index in [2.05, 4.69) is 4.99 Å². The van der Waals surface area contributed by atoms with Crippen molar-refractivity contribution in [3.05, 3.63) is 30.1 Å². The first-order valence-corrected chi connectivity index (χ1v) is 4.54. The van der Waals surface area contributed by atoms with Crippen LogP contribution >= 0.6 is 0 Å². The summed E-state index contributed by atoms with van der Waals surface area (Å²) in [7, 11) is 0. The van der Waals surface area contributed by atoms with Crippen molar-refractivity contribution in [3.8, 4) is 6.07 Å². The third-order valence-corrected chi connectivity index (χ3v) is 1.95. The summed E-state index contributed by atoms with van der Waals surface area (Å²) >= 11 is 0. The second-order valence-electron chi connectivity index (χ2n) is 3.20. The van der Waals surface area contributed by atoms with E-state index in [1.165, 1.54) is 25.1 Å². The predicted molar refractivity (Wildman–Crippen MR) is 57.5 cm³/mol. The van der Waals surface area contributed by atoms with Crippen molar-refractivity contribution in [2.75, 3.05) is 0 Å². The average molecular weight is 219 g/mol. The van der Waals surface area contributed by atoms with E-state index < -0.39 is 17.6 Å². The van der Waals surface area contributed by atoms with Gasteiger partial charge in [-0.2, -0.15) is 5.26 Å². The maximum Gasteiger partial charge on any atom is 0.240 e. The van der Waals surface area contributed by atoms with E-state index >= 15 is 0 Å². The fourth-order valence-electron chi connectivity index (χ4n) is 1.18. The number of hydrogen-bond acceptors (Lipinski definition) is 3. The summed E-state index contributed by atoms with van der Waals surface area (Å²) in [5.74, 6) is -2.27. The fraction of sp³-hybridized carbons (Fsp3) is 0.182. The van der Waals surface area contributed by atoms with Crippen LogP contribution < -0.4 is 5.73 Å². The van der Waals surface area contributed by atoms with Crippen LogP contribution in [-0.2, 0) is 4.79 Å². The van der Waals surface area contributed by atoms with Gasteiger partial charge in [0.1, 0.15) is 5.82 Å². The van der Waals surface area contributed by atoms with Gasteiger partial charge in [-0.05, 0) is 25.1 Å². The van der Waals surface area contributed by atoms with Gasteiger partial charge in [0.25, 0.3) is 0 Å². The highest BCUT2D eigenvalue weighted by molar-refractivity contribution is 6.05. The molecule has 0 aromatic heterocycles. The van der Waals surface area contributed by atoms with Gasteiger partial charge in [-0.15, -0.1) is 0 Å². The predicted octanol–water partition coefficient (Wildman–Crippen LogP) is 1.54. The number of carbonyl (C=O) groups excluding carboxylic acids is 1. The van der Waals surface area contributed by atoms with Crippen LogP contribution in [0.25, 0.3) is 0 Å². The number of nitrogens with zero attached hydrogens (tertiary/aromatic N) is 2.